The van der Waals surface area contributed by atoms with Gasteiger partial charge in [0.05, 0.1) is 13.1 Å². The summed E-state index contributed by atoms with van der Waals surface area (Å²) >= 11 is 0. The minimum absolute atomic E-state index is 0.172. The van der Waals surface area contributed by atoms with E-state index in [0.29, 0.717) is 30.1 Å². The van der Waals surface area contributed by atoms with E-state index in [1.54, 1.807) is 23.1 Å². The quantitative estimate of drug-likeness (QED) is 0.557. The van der Waals surface area contributed by atoms with E-state index in [2.05, 4.69) is 26.0 Å². The van der Waals surface area contributed by atoms with Gasteiger partial charge in [-0.05, 0) is 35.0 Å². The second kappa shape index (κ2) is 7.83. The monoisotopic (exact) mass is 374 g/mol. The predicted molar refractivity (Wildman–Crippen MR) is 101 cm³/mol. The van der Waals surface area contributed by atoms with Crippen molar-refractivity contribution < 1.29 is 9.32 Å². The van der Waals surface area contributed by atoms with E-state index >= 15 is 0 Å². The van der Waals surface area contributed by atoms with Crippen LogP contribution in [0.15, 0.2) is 65.4 Å². The molecule has 1 amide bonds. The molecule has 2 heterocycles. The van der Waals surface area contributed by atoms with Gasteiger partial charge in [-0.15, -0.1) is 5.10 Å². The van der Waals surface area contributed by atoms with Crippen LogP contribution in [0.1, 0.15) is 27.2 Å². The van der Waals surface area contributed by atoms with E-state index in [9.17, 15) is 4.79 Å². The lowest BCUT2D eigenvalue weighted by atomic mass is 10.1. The fraction of sp³-hybridized carbons (Fsp3) is 0.150. The molecular formula is C20H18N6O2. The van der Waals surface area contributed by atoms with Crippen molar-refractivity contribution in [3.05, 3.63) is 83.3 Å². The van der Waals surface area contributed by atoms with Gasteiger partial charge in [-0.3, -0.25) is 4.79 Å². The maximum absolute atomic E-state index is 12.4. The molecule has 0 fully saturated rings. The molecule has 0 atom stereocenters. The summed E-state index contributed by atoms with van der Waals surface area (Å²) in [4.78, 5) is 12.4. The van der Waals surface area contributed by atoms with E-state index in [-0.39, 0.29) is 5.91 Å². The highest BCUT2D eigenvalue weighted by atomic mass is 16.5. The Labute approximate surface area is 161 Å². The number of amides is 1. The standard InChI is InChI=1S/C20H18N6O2/c1-14-2-6-16(7-3-14)19-10-18(23-28-19)11-21-20(27)17-8-4-15(5-9-17)12-26-13-22-24-25-26/h2-10,13H,11-12H2,1H3,(H,21,27). The Hall–Kier alpha value is -3.81. The van der Waals surface area contributed by atoms with Crippen molar-refractivity contribution in [3.63, 3.8) is 0 Å². The zero-order chi connectivity index (χ0) is 19.3. The maximum Gasteiger partial charge on any atom is 0.251 e. The number of tetrazole rings is 1. The Morgan fingerprint density at radius 1 is 1.11 bits per heavy atom. The lowest BCUT2D eigenvalue weighted by Crippen LogP contribution is -2.22. The molecule has 2 aromatic carbocycles. The number of hydrogen-bond acceptors (Lipinski definition) is 6. The van der Waals surface area contributed by atoms with Gasteiger partial charge in [-0.25, -0.2) is 4.68 Å². The Bertz CT molecular complexity index is 1050. The first-order valence-electron chi connectivity index (χ1n) is 8.78. The largest absolute Gasteiger partial charge is 0.356 e. The number of aryl methyl sites for hydroxylation is 1. The molecule has 0 saturated heterocycles. The molecule has 1 N–H and O–H groups in total. The molecule has 4 rings (SSSR count). The average Bonchev–Trinajstić information content (AvgIpc) is 3.39. The molecule has 140 valence electrons. The van der Waals surface area contributed by atoms with Crippen LogP contribution in [0.2, 0.25) is 0 Å². The summed E-state index contributed by atoms with van der Waals surface area (Å²) in [5.41, 5.74) is 4.37. The van der Waals surface area contributed by atoms with Crippen molar-refractivity contribution in [2.24, 2.45) is 0 Å². The van der Waals surface area contributed by atoms with Crippen LogP contribution in [0, 0.1) is 6.92 Å². The minimum Gasteiger partial charge on any atom is -0.356 e. The molecule has 0 bridgehead atoms. The second-order valence-electron chi connectivity index (χ2n) is 6.44. The highest BCUT2D eigenvalue weighted by Crippen LogP contribution is 2.20. The number of nitrogens with zero attached hydrogens (tertiary/aromatic N) is 5. The fourth-order valence-electron chi connectivity index (χ4n) is 2.72. The van der Waals surface area contributed by atoms with Crippen LogP contribution in [0.4, 0.5) is 0 Å². The van der Waals surface area contributed by atoms with Gasteiger partial charge >= 0.3 is 0 Å². The lowest BCUT2D eigenvalue weighted by Gasteiger charge is -2.05. The van der Waals surface area contributed by atoms with Crippen LogP contribution < -0.4 is 5.32 Å². The Morgan fingerprint density at radius 2 is 1.89 bits per heavy atom. The van der Waals surface area contributed by atoms with Gasteiger partial charge in [0.2, 0.25) is 0 Å². The summed E-state index contributed by atoms with van der Waals surface area (Å²) in [6, 6.07) is 17.1. The third-order valence-electron chi connectivity index (χ3n) is 4.28. The number of hydrogen-bond donors (Lipinski definition) is 1. The molecule has 28 heavy (non-hydrogen) atoms. The van der Waals surface area contributed by atoms with Gasteiger partial charge in [0.25, 0.3) is 5.91 Å². The third-order valence-corrected chi connectivity index (χ3v) is 4.28. The number of benzene rings is 2. The Balaban J connectivity index is 1.34. The first-order valence-corrected chi connectivity index (χ1v) is 8.78. The fourth-order valence-corrected chi connectivity index (χ4v) is 2.72. The smallest absolute Gasteiger partial charge is 0.251 e. The number of nitrogens with one attached hydrogen (secondary N) is 1. The SMILES string of the molecule is Cc1ccc(-c2cc(CNC(=O)c3ccc(Cn4cnnn4)cc3)no2)cc1. The summed E-state index contributed by atoms with van der Waals surface area (Å²) in [6.07, 6.45) is 1.55. The number of rotatable bonds is 6. The normalized spacial score (nSPS) is 10.8. The van der Waals surface area contributed by atoms with E-state index in [0.717, 1.165) is 11.1 Å². The first-order chi connectivity index (χ1) is 13.7. The average molecular weight is 374 g/mol. The van der Waals surface area contributed by atoms with Gasteiger partial charge in [-0.2, -0.15) is 0 Å². The van der Waals surface area contributed by atoms with Gasteiger partial charge in [0.1, 0.15) is 12.0 Å². The van der Waals surface area contributed by atoms with Crippen molar-refractivity contribution in [2.75, 3.05) is 0 Å². The molecular weight excluding hydrogens is 356 g/mol. The number of carbonyl (C=O) groups is 1. The molecule has 8 heteroatoms. The van der Waals surface area contributed by atoms with Gasteiger partial charge in [0.15, 0.2) is 5.76 Å². The number of carbonyl (C=O) groups excluding carboxylic acids is 1. The van der Waals surface area contributed by atoms with Crippen LogP contribution in [-0.4, -0.2) is 31.3 Å². The van der Waals surface area contributed by atoms with Gasteiger partial charge in [0, 0.05) is 17.2 Å². The lowest BCUT2D eigenvalue weighted by molar-refractivity contribution is 0.0950. The Kier molecular flexibility index (Phi) is 4.92. The second-order valence-corrected chi connectivity index (χ2v) is 6.44. The molecule has 0 aliphatic rings. The molecule has 0 saturated carbocycles. The Morgan fingerprint density at radius 3 is 2.61 bits per heavy atom. The zero-order valence-electron chi connectivity index (χ0n) is 15.2. The van der Waals surface area contributed by atoms with Crippen LogP contribution in [0.5, 0.6) is 0 Å². The summed E-state index contributed by atoms with van der Waals surface area (Å²) in [7, 11) is 0. The van der Waals surface area contributed by atoms with Crippen LogP contribution in [0.25, 0.3) is 11.3 Å². The molecule has 0 radical (unpaired) electrons. The van der Waals surface area contributed by atoms with Crippen molar-refractivity contribution in [2.45, 2.75) is 20.0 Å². The van der Waals surface area contributed by atoms with Crippen LogP contribution >= 0.6 is 0 Å². The molecule has 0 aliphatic carbocycles. The van der Waals surface area contributed by atoms with E-state index < -0.39 is 0 Å². The van der Waals surface area contributed by atoms with E-state index in [1.165, 1.54) is 5.56 Å². The highest BCUT2D eigenvalue weighted by Gasteiger charge is 2.10. The summed E-state index contributed by atoms with van der Waals surface area (Å²) in [6.45, 7) is 2.87. The molecule has 0 unspecified atom stereocenters. The van der Waals surface area contributed by atoms with Gasteiger partial charge < -0.3 is 9.84 Å². The summed E-state index contributed by atoms with van der Waals surface area (Å²) in [5.74, 6) is 0.505. The first kappa shape index (κ1) is 17.6. The minimum atomic E-state index is -0.172. The summed E-state index contributed by atoms with van der Waals surface area (Å²) in [5, 5.41) is 17.9. The molecule has 2 aromatic heterocycles. The number of aromatic nitrogens is 5. The molecule has 0 spiro atoms. The topological polar surface area (TPSA) is 98.7 Å². The van der Waals surface area contributed by atoms with Crippen LogP contribution in [0.3, 0.4) is 0 Å². The summed E-state index contributed by atoms with van der Waals surface area (Å²) < 4.78 is 6.99. The van der Waals surface area contributed by atoms with E-state index in [1.807, 2.05) is 49.4 Å². The van der Waals surface area contributed by atoms with E-state index in [4.69, 9.17) is 4.52 Å². The van der Waals surface area contributed by atoms with Crippen molar-refractivity contribution in [1.29, 1.82) is 0 Å². The maximum atomic E-state index is 12.4. The molecule has 8 nitrogen and oxygen atoms in total. The van der Waals surface area contributed by atoms with Crippen molar-refractivity contribution in [3.8, 4) is 11.3 Å². The molecule has 4 aromatic rings. The van der Waals surface area contributed by atoms with Crippen molar-refractivity contribution in [1.82, 2.24) is 30.7 Å². The highest BCUT2D eigenvalue weighted by molar-refractivity contribution is 5.94. The van der Waals surface area contributed by atoms with Gasteiger partial charge in [-0.1, -0.05) is 47.1 Å². The van der Waals surface area contributed by atoms with Crippen LogP contribution in [-0.2, 0) is 13.1 Å². The van der Waals surface area contributed by atoms with Crippen molar-refractivity contribution >= 4 is 5.91 Å². The molecule has 0 aliphatic heterocycles. The third kappa shape index (κ3) is 4.12. The zero-order valence-corrected chi connectivity index (χ0v) is 15.2. The predicted octanol–water partition coefficient (Wildman–Crippen LogP) is 2.61.